The first-order valence-electron chi connectivity index (χ1n) is 3.59. The molecule has 0 spiro atoms. The Labute approximate surface area is 74.4 Å². The summed E-state index contributed by atoms with van der Waals surface area (Å²) in [5.41, 5.74) is -2.79. The predicted molar refractivity (Wildman–Crippen MR) is 39.1 cm³/mol. The topological polar surface area (TPSA) is 38.7 Å². The van der Waals surface area contributed by atoms with E-state index in [1.54, 1.807) is 0 Å². The quantitative estimate of drug-likeness (QED) is 0.698. The number of aliphatic hydroxyl groups is 1. The summed E-state index contributed by atoms with van der Waals surface area (Å²) in [6.45, 7) is 0.679. The summed E-state index contributed by atoms with van der Waals surface area (Å²) in [6.07, 6.45) is -6.39. The fourth-order valence-corrected chi connectivity index (χ4v) is 0.703. The SMILES string of the molecule is COC(C[C@@](C)(O)C(F)(F)F)OC. The summed E-state index contributed by atoms with van der Waals surface area (Å²) >= 11 is 0. The van der Waals surface area contributed by atoms with Gasteiger partial charge < -0.3 is 14.6 Å². The van der Waals surface area contributed by atoms with Crippen LogP contribution in [0.2, 0.25) is 0 Å². The number of halogens is 3. The third kappa shape index (κ3) is 3.50. The Hall–Kier alpha value is -0.330. The molecule has 13 heavy (non-hydrogen) atoms. The largest absolute Gasteiger partial charge is 0.417 e. The Morgan fingerprint density at radius 2 is 1.62 bits per heavy atom. The molecule has 0 saturated heterocycles. The highest BCUT2D eigenvalue weighted by atomic mass is 19.4. The van der Waals surface area contributed by atoms with Crippen LogP contribution in [-0.4, -0.2) is 37.4 Å². The van der Waals surface area contributed by atoms with Gasteiger partial charge >= 0.3 is 6.18 Å². The number of rotatable bonds is 4. The van der Waals surface area contributed by atoms with E-state index in [0.717, 1.165) is 0 Å². The van der Waals surface area contributed by atoms with Gasteiger partial charge in [-0.3, -0.25) is 0 Å². The second kappa shape index (κ2) is 4.26. The lowest BCUT2D eigenvalue weighted by Crippen LogP contribution is -2.45. The molecule has 0 amide bonds. The first kappa shape index (κ1) is 12.7. The van der Waals surface area contributed by atoms with Gasteiger partial charge in [0.2, 0.25) is 0 Å². The molecular formula is C7H13F3O3. The lowest BCUT2D eigenvalue weighted by molar-refractivity contribution is -0.274. The monoisotopic (exact) mass is 202 g/mol. The molecule has 0 aromatic heterocycles. The van der Waals surface area contributed by atoms with Crippen molar-refractivity contribution in [2.75, 3.05) is 14.2 Å². The highest BCUT2D eigenvalue weighted by Gasteiger charge is 2.51. The van der Waals surface area contributed by atoms with Crippen LogP contribution < -0.4 is 0 Å². The van der Waals surface area contributed by atoms with Crippen molar-refractivity contribution in [3.05, 3.63) is 0 Å². The van der Waals surface area contributed by atoms with Gasteiger partial charge in [0.15, 0.2) is 11.9 Å². The molecule has 0 rings (SSSR count). The zero-order chi connectivity index (χ0) is 10.7. The molecule has 1 N–H and O–H groups in total. The predicted octanol–water partition coefficient (Wildman–Crippen LogP) is 1.31. The molecule has 0 aliphatic carbocycles. The number of ether oxygens (including phenoxy) is 2. The summed E-state index contributed by atoms with van der Waals surface area (Å²) in [6, 6.07) is 0. The van der Waals surface area contributed by atoms with Crippen molar-refractivity contribution in [3.8, 4) is 0 Å². The van der Waals surface area contributed by atoms with Gasteiger partial charge in [-0.15, -0.1) is 0 Å². The van der Waals surface area contributed by atoms with Crippen molar-refractivity contribution < 1.29 is 27.8 Å². The van der Waals surface area contributed by atoms with E-state index in [-0.39, 0.29) is 0 Å². The molecule has 0 heterocycles. The molecule has 0 unspecified atom stereocenters. The van der Waals surface area contributed by atoms with E-state index in [9.17, 15) is 13.2 Å². The molecule has 1 atom stereocenters. The maximum absolute atomic E-state index is 12.1. The van der Waals surface area contributed by atoms with Crippen LogP contribution in [0.1, 0.15) is 13.3 Å². The molecule has 80 valence electrons. The minimum Gasteiger partial charge on any atom is -0.381 e. The maximum Gasteiger partial charge on any atom is 0.417 e. The molecule has 3 nitrogen and oxygen atoms in total. The Balaban J connectivity index is 4.31. The first-order valence-corrected chi connectivity index (χ1v) is 3.59. The summed E-state index contributed by atoms with van der Waals surface area (Å²) in [5, 5.41) is 9.00. The van der Waals surface area contributed by atoms with E-state index in [1.165, 1.54) is 14.2 Å². The van der Waals surface area contributed by atoms with Gasteiger partial charge in [0.25, 0.3) is 0 Å². The van der Waals surface area contributed by atoms with Gasteiger partial charge in [0, 0.05) is 20.6 Å². The molecule has 0 saturated carbocycles. The van der Waals surface area contributed by atoms with Gasteiger partial charge in [0.05, 0.1) is 0 Å². The lowest BCUT2D eigenvalue weighted by Gasteiger charge is -2.28. The highest BCUT2D eigenvalue weighted by Crippen LogP contribution is 2.33. The Morgan fingerprint density at radius 3 is 1.85 bits per heavy atom. The molecule has 0 aliphatic rings. The molecule has 0 fully saturated rings. The van der Waals surface area contributed by atoms with E-state index >= 15 is 0 Å². The van der Waals surface area contributed by atoms with E-state index in [0.29, 0.717) is 6.92 Å². The van der Waals surface area contributed by atoms with Crippen molar-refractivity contribution in [2.24, 2.45) is 0 Å². The van der Waals surface area contributed by atoms with Crippen LogP contribution in [0.15, 0.2) is 0 Å². The van der Waals surface area contributed by atoms with Gasteiger partial charge in [-0.1, -0.05) is 0 Å². The third-order valence-corrected chi connectivity index (χ3v) is 1.70. The van der Waals surface area contributed by atoms with Crippen LogP contribution in [0.4, 0.5) is 13.2 Å². The average Bonchev–Trinajstić information content (AvgIpc) is 1.98. The zero-order valence-electron chi connectivity index (χ0n) is 7.68. The van der Waals surface area contributed by atoms with Crippen LogP contribution in [-0.2, 0) is 9.47 Å². The molecular weight excluding hydrogens is 189 g/mol. The van der Waals surface area contributed by atoms with Crippen molar-refractivity contribution in [1.29, 1.82) is 0 Å². The number of hydrogen-bond acceptors (Lipinski definition) is 3. The van der Waals surface area contributed by atoms with Crippen LogP contribution in [0.5, 0.6) is 0 Å². The normalized spacial score (nSPS) is 17.5. The molecule has 0 radical (unpaired) electrons. The van der Waals surface area contributed by atoms with Gasteiger partial charge in [0.1, 0.15) is 0 Å². The number of alkyl halides is 3. The third-order valence-electron chi connectivity index (χ3n) is 1.70. The summed E-state index contributed by atoms with van der Waals surface area (Å²) in [5.74, 6) is 0. The maximum atomic E-state index is 12.1. The average molecular weight is 202 g/mol. The minimum absolute atomic E-state index is 0.649. The Kier molecular flexibility index (Phi) is 4.15. The summed E-state index contributed by atoms with van der Waals surface area (Å²) in [7, 11) is 2.42. The van der Waals surface area contributed by atoms with Crippen LogP contribution >= 0.6 is 0 Å². The molecule has 0 bridgehead atoms. The van der Waals surface area contributed by atoms with E-state index in [1.807, 2.05) is 0 Å². The fourth-order valence-electron chi connectivity index (χ4n) is 0.703. The van der Waals surface area contributed by atoms with Crippen LogP contribution in [0.25, 0.3) is 0 Å². The summed E-state index contributed by atoms with van der Waals surface area (Å²) < 4.78 is 45.4. The van der Waals surface area contributed by atoms with Crippen molar-refractivity contribution in [2.45, 2.75) is 31.4 Å². The van der Waals surface area contributed by atoms with Crippen LogP contribution in [0, 0.1) is 0 Å². The smallest absolute Gasteiger partial charge is 0.381 e. The molecule has 0 aliphatic heterocycles. The van der Waals surface area contributed by atoms with Gasteiger partial charge in [-0.2, -0.15) is 13.2 Å². The van der Waals surface area contributed by atoms with Crippen molar-refractivity contribution >= 4 is 0 Å². The lowest BCUT2D eigenvalue weighted by atomic mass is 10.0. The standard InChI is InChI=1S/C7H13F3O3/c1-6(11,7(8,9)10)4-5(12-2)13-3/h5,11H,4H2,1-3H3/t6-/m1/s1. The Bertz CT molecular complexity index is 152. The second-order valence-electron chi connectivity index (χ2n) is 2.88. The molecule has 0 aromatic carbocycles. The van der Waals surface area contributed by atoms with Gasteiger partial charge in [-0.05, 0) is 6.92 Å². The molecule has 6 heteroatoms. The minimum atomic E-state index is -4.68. The van der Waals surface area contributed by atoms with E-state index in [2.05, 4.69) is 9.47 Å². The fraction of sp³-hybridized carbons (Fsp3) is 1.00. The molecule has 0 aromatic rings. The van der Waals surface area contributed by atoms with Crippen LogP contribution in [0.3, 0.4) is 0 Å². The summed E-state index contributed by atoms with van der Waals surface area (Å²) in [4.78, 5) is 0. The Morgan fingerprint density at radius 1 is 1.23 bits per heavy atom. The number of hydrogen-bond donors (Lipinski definition) is 1. The van der Waals surface area contributed by atoms with Gasteiger partial charge in [-0.25, -0.2) is 0 Å². The van der Waals surface area contributed by atoms with Crippen molar-refractivity contribution in [3.63, 3.8) is 0 Å². The first-order chi connectivity index (χ1) is 5.74. The number of methoxy groups -OCH3 is 2. The highest BCUT2D eigenvalue weighted by molar-refractivity contribution is 4.82. The zero-order valence-corrected chi connectivity index (χ0v) is 7.68. The van der Waals surface area contributed by atoms with E-state index in [4.69, 9.17) is 5.11 Å². The second-order valence-corrected chi connectivity index (χ2v) is 2.88. The van der Waals surface area contributed by atoms with E-state index < -0.39 is 24.5 Å². The van der Waals surface area contributed by atoms with Crippen molar-refractivity contribution in [1.82, 2.24) is 0 Å².